The van der Waals surface area contributed by atoms with Gasteiger partial charge in [-0.1, -0.05) is 30.3 Å². The van der Waals surface area contributed by atoms with E-state index >= 15 is 0 Å². The van der Waals surface area contributed by atoms with Gasteiger partial charge in [-0.25, -0.2) is 4.39 Å². The molecule has 0 saturated carbocycles. The minimum atomic E-state index is -0.252. The minimum Gasteiger partial charge on any atom is -0.267 e. The average Bonchev–Trinajstić information content (AvgIpc) is 3.08. The summed E-state index contributed by atoms with van der Waals surface area (Å²) >= 11 is 0. The van der Waals surface area contributed by atoms with Crippen molar-refractivity contribution in [3.63, 3.8) is 0 Å². The molecule has 25 heavy (non-hydrogen) atoms. The van der Waals surface area contributed by atoms with Crippen LogP contribution >= 0.6 is 0 Å². The van der Waals surface area contributed by atoms with Crippen LogP contribution in [0.25, 0.3) is 22.4 Å². The first-order chi connectivity index (χ1) is 12.3. The summed E-state index contributed by atoms with van der Waals surface area (Å²) in [5.41, 5.74) is 4.94. The number of hydrogen-bond donors (Lipinski definition) is 0. The SMILES string of the molecule is Fc1ccc(-c2nn(Cc3ccccc3)cc2-c2ccncc2)cc1. The normalized spacial score (nSPS) is 10.8. The third-order valence-electron chi connectivity index (χ3n) is 4.06. The predicted octanol–water partition coefficient (Wildman–Crippen LogP) is 4.80. The van der Waals surface area contributed by atoms with Gasteiger partial charge in [0.1, 0.15) is 11.5 Å². The summed E-state index contributed by atoms with van der Waals surface area (Å²) in [7, 11) is 0. The van der Waals surface area contributed by atoms with Crippen LogP contribution in [0.5, 0.6) is 0 Å². The van der Waals surface area contributed by atoms with Gasteiger partial charge < -0.3 is 0 Å². The number of pyridine rings is 1. The zero-order valence-electron chi connectivity index (χ0n) is 13.5. The van der Waals surface area contributed by atoms with Crippen molar-refractivity contribution >= 4 is 0 Å². The molecule has 2 aromatic heterocycles. The molecule has 0 N–H and O–H groups in total. The lowest BCUT2D eigenvalue weighted by Crippen LogP contribution is -1.99. The largest absolute Gasteiger partial charge is 0.267 e. The second-order valence-electron chi connectivity index (χ2n) is 5.82. The Hall–Kier alpha value is -3.27. The first-order valence-corrected chi connectivity index (χ1v) is 8.07. The van der Waals surface area contributed by atoms with Gasteiger partial charge in [-0.3, -0.25) is 9.67 Å². The highest BCUT2D eigenvalue weighted by Gasteiger charge is 2.13. The van der Waals surface area contributed by atoms with Crippen LogP contribution in [-0.2, 0) is 6.54 Å². The van der Waals surface area contributed by atoms with E-state index in [1.54, 1.807) is 24.5 Å². The van der Waals surface area contributed by atoms with E-state index in [2.05, 4.69) is 17.1 Å². The van der Waals surface area contributed by atoms with Gasteiger partial charge in [-0.2, -0.15) is 5.10 Å². The monoisotopic (exact) mass is 329 g/mol. The third-order valence-corrected chi connectivity index (χ3v) is 4.06. The molecule has 4 rings (SSSR count). The molecule has 0 fully saturated rings. The second-order valence-corrected chi connectivity index (χ2v) is 5.82. The maximum Gasteiger partial charge on any atom is 0.123 e. The molecule has 2 heterocycles. The van der Waals surface area contributed by atoms with Crippen molar-refractivity contribution in [1.82, 2.24) is 14.8 Å². The highest BCUT2D eigenvalue weighted by molar-refractivity contribution is 5.80. The second kappa shape index (κ2) is 6.69. The molecule has 4 heteroatoms. The summed E-state index contributed by atoms with van der Waals surface area (Å²) in [6, 6.07) is 20.5. The Bertz CT molecular complexity index is 961. The van der Waals surface area contributed by atoms with Gasteiger partial charge in [-0.15, -0.1) is 0 Å². The topological polar surface area (TPSA) is 30.7 Å². The van der Waals surface area contributed by atoms with E-state index in [0.29, 0.717) is 6.54 Å². The maximum atomic E-state index is 13.3. The quantitative estimate of drug-likeness (QED) is 0.538. The van der Waals surface area contributed by atoms with E-state index < -0.39 is 0 Å². The predicted molar refractivity (Wildman–Crippen MR) is 96.4 cm³/mol. The van der Waals surface area contributed by atoms with Crippen LogP contribution in [0.15, 0.2) is 85.3 Å². The summed E-state index contributed by atoms with van der Waals surface area (Å²) in [6.45, 7) is 0.681. The summed E-state index contributed by atoms with van der Waals surface area (Å²) in [6.07, 6.45) is 5.55. The molecule has 0 saturated heterocycles. The van der Waals surface area contributed by atoms with Crippen LogP contribution < -0.4 is 0 Å². The Labute approximate surface area is 145 Å². The lowest BCUT2D eigenvalue weighted by molar-refractivity contribution is 0.628. The average molecular weight is 329 g/mol. The zero-order chi connectivity index (χ0) is 17.1. The van der Waals surface area contributed by atoms with Crippen molar-refractivity contribution < 1.29 is 4.39 Å². The fourth-order valence-corrected chi connectivity index (χ4v) is 2.84. The van der Waals surface area contributed by atoms with E-state index in [9.17, 15) is 4.39 Å². The van der Waals surface area contributed by atoms with Crippen LogP contribution in [0.1, 0.15) is 5.56 Å². The summed E-state index contributed by atoms with van der Waals surface area (Å²) in [4.78, 5) is 4.08. The van der Waals surface area contributed by atoms with Gasteiger partial charge in [0, 0.05) is 29.7 Å². The van der Waals surface area contributed by atoms with Crippen molar-refractivity contribution in [2.24, 2.45) is 0 Å². The van der Waals surface area contributed by atoms with Crippen LogP contribution in [0.2, 0.25) is 0 Å². The molecule has 2 aromatic carbocycles. The summed E-state index contributed by atoms with van der Waals surface area (Å²) in [5, 5.41) is 4.76. The van der Waals surface area contributed by atoms with E-state index in [1.165, 1.54) is 17.7 Å². The van der Waals surface area contributed by atoms with Gasteiger partial charge in [0.25, 0.3) is 0 Å². The molecule has 0 aliphatic rings. The number of nitrogens with zero attached hydrogens (tertiary/aromatic N) is 3. The maximum absolute atomic E-state index is 13.3. The van der Waals surface area contributed by atoms with Crippen molar-refractivity contribution in [2.75, 3.05) is 0 Å². The number of benzene rings is 2. The molecule has 0 aliphatic heterocycles. The molecule has 0 atom stereocenters. The Morgan fingerprint density at radius 2 is 1.52 bits per heavy atom. The Morgan fingerprint density at radius 3 is 2.24 bits per heavy atom. The smallest absolute Gasteiger partial charge is 0.123 e. The highest BCUT2D eigenvalue weighted by atomic mass is 19.1. The van der Waals surface area contributed by atoms with Gasteiger partial charge in [0.05, 0.1) is 6.54 Å². The third kappa shape index (κ3) is 3.33. The van der Waals surface area contributed by atoms with Crippen LogP contribution in [0.3, 0.4) is 0 Å². The molecule has 0 unspecified atom stereocenters. The van der Waals surface area contributed by atoms with Crippen molar-refractivity contribution in [2.45, 2.75) is 6.54 Å². The molecule has 4 aromatic rings. The molecular weight excluding hydrogens is 313 g/mol. The van der Waals surface area contributed by atoms with Crippen LogP contribution in [0, 0.1) is 5.82 Å². The van der Waals surface area contributed by atoms with Gasteiger partial charge in [0.2, 0.25) is 0 Å². The van der Waals surface area contributed by atoms with E-state index in [1.807, 2.05) is 41.2 Å². The first-order valence-electron chi connectivity index (χ1n) is 8.07. The first kappa shape index (κ1) is 15.3. The van der Waals surface area contributed by atoms with Crippen molar-refractivity contribution in [3.05, 3.63) is 96.7 Å². The van der Waals surface area contributed by atoms with Gasteiger partial charge >= 0.3 is 0 Å². The van der Waals surface area contributed by atoms with Gasteiger partial charge in [-0.05, 0) is 47.5 Å². The molecule has 3 nitrogen and oxygen atoms in total. The molecule has 0 aliphatic carbocycles. The minimum absolute atomic E-state index is 0.252. The number of halogens is 1. The van der Waals surface area contributed by atoms with E-state index in [-0.39, 0.29) is 5.82 Å². The Kier molecular flexibility index (Phi) is 4.09. The standard InChI is InChI=1S/C21H16FN3/c22-19-8-6-18(7-9-19)21-20(17-10-12-23-13-11-17)15-25(24-21)14-16-4-2-1-3-5-16/h1-13,15H,14H2. The van der Waals surface area contributed by atoms with E-state index in [0.717, 1.165) is 22.4 Å². The number of rotatable bonds is 4. The molecule has 0 bridgehead atoms. The highest BCUT2D eigenvalue weighted by Crippen LogP contribution is 2.31. The number of hydrogen-bond acceptors (Lipinski definition) is 2. The lowest BCUT2D eigenvalue weighted by Gasteiger charge is -2.02. The van der Waals surface area contributed by atoms with Crippen LogP contribution in [-0.4, -0.2) is 14.8 Å². The molecular formula is C21H16FN3. The van der Waals surface area contributed by atoms with Crippen molar-refractivity contribution in [3.8, 4) is 22.4 Å². The fraction of sp³-hybridized carbons (Fsp3) is 0.0476. The Balaban J connectivity index is 1.79. The molecule has 0 amide bonds. The molecule has 122 valence electrons. The zero-order valence-corrected chi connectivity index (χ0v) is 13.5. The summed E-state index contributed by atoms with van der Waals surface area (Å²) in [5.74, 6) is -0.252. The Morgan fingerprint density at radius 1 is 0.800 bits per heavy atom. The molecule has 0 spiro atoms. The van der Waals surface area contributed by atoms with E-state index in [4.69, 9.17) is 5.10 Å². The molecule has 0 radical (unpaired) electrons. The number of aromatic nitrogens is 3. The van der Waals surface area contributed by atoms with Crippen LogP contribution in [0.4, 0.5) is 4.39 Å². The van der Waals surface area contributed by atoms with Gasteiger partial charge in [0.15, 0.2) is 0 Å². The fourth-order valence-electron chi connectivity index (χ4n) is 2.84. The van der Waals surface area contributed by atoms with Crippen molar-refractivity contribution in [1.29, 1.82) is 0 Å². The lowest BCUT2D eigenvalue weighted by atomic mass is 10.0. The summed E-state index contributed by atoms with van der Waals surface area (Å²) < 4.78 is 15.2.